The predicted octanol–water partition coefficient (Wildman–Crippen LogP) is 3.90. The topological polar surface area (TPSA) is 106 Å². The number of aryl methyl sites for hydroxylation is 1. The molecule has 0 atom stereocenters. The smallest absolute Gasteiger partial charge is 0.416 e. The van der Waals surface area contributed by atoms with Crippen molar-refractivity contribution in [3.05, 3.63) is 41.9 Å². The Morgan fingerprint density at radius 1 is 1.12 bits per heavy atom. The number of carbonyl (C=O) groups is 1. The van der Waals surface area contributed by atoms with Crippen LogP contribution in [0.1, 0.15) is 36.8 Å². The van der Waals surface area contributed by atoms with E-state index in [0.717, 1.165) is 60.6 Å². The Bertz CT molecular complexity index is 1140. The van der Waals surface area contributed by atoms with Gasteiger partial charge in [-0.15, -0.1) is 0 Å². The highest BCUT2D eigenvalue weighted by Crippen LogP contribution is 2.40. The van der Waals surface area contributed by atoms with E-state index in [0.29, 0.717) is 24.7 Å². The van der Waals surface area contributed by atoms with Gasteiger partial charge in [-0.1, -0.05) is 11.8 Å². The van der Waals surface area contributed by atoms with Gasteiger partial charge in [0.1, 0.15) is 0 Å². The highest BCUT2D eigenvalue weighted by Gasteiger charge is 2.27. The molecular weight excluding hydrogens is 454 g/mol. The van der Waals surface area contributed by atoms with E-state index in [1.165, 1.54) is 10.8 Å². The molecular formula is C24H29N5O4S. The first-order valence-electron chi connectivity index (χ1n) is 11.7. The van der Waals surface area contributed by atoms with Crippen molar-refractivity contribution in [1.82, 2.24) is 24.0 Å². The van der Waals surface area contributed by atoms with Crippen LogP contribution in [0.5, 0.6) is 17.6 Å². The maximum absolute atomic E-state index is 12.6. The van der Waals surface area contributed by atoms with E-state index in [2.05, 4.69) is 9.97 Å². The van der Waals surface area contributed by atoms with Crippen LogP contribution in [0.3, 0.4) is 0 Å². The van der Waals surface area contributed by atoms with Crippen LogP contribution in [0.4, 0.5) is 4.79 Å². The Balaban J connectivity index is 1.16. The second-order valence-electron chi connectivity index (χ2n) is 8.93. The molecule has 2 aliphatic rings. The number of thioether (sulfide) groups is 1. The summed E-state index contributed by atoms with van der Waals surface area (Å²) in [6, 6.07) is 3.27. The Morgan fingerprint density at radius 2 is 1.82 bits per heavy atom. The number of nitrogens with zero attached hydrogens (tertiary/aromatic N) is 5. The quantitative estimate of drug-likeness (QED) is 0.530. The highest BCUT2D eigenvalue weighted by molar-refractivity contribution is 7.99. The molecule has 0 spiro atoms. The summed E-state index contributed by atoms with van der Waals surface area (Å²) in [4.78, 5) is 22.9. The van der Waals surface area contributed by atoms with Crippen LogP contribution < -0.4 is 4.74 Å². The van der Waals surface area contributed by atoms with Crippen LogP contribution in [0.25, 0.3) is 5.69 Å². The van der Waals surface area contributed by atoms with E-state index >= 15 is 0 Å². The van der Waals surface area contributed by atoms with Crippen LogP contribution in [-0.2, 0) is 19.9 Å². The van der Waals surface area contributed by atoms with Gasteiger partial charge in [0.05, 0.1) is 11.9 Å². The summed E-state index contributed by atoms with van der Waals surface area (Å²) >= 11 is 1.75. The van der Waals surface area contributed by atoms with Gasteiger partial charge in [-0.2, -0.15) is 0 Å². The molecule has 3 aromatic rings. The Hall–Kier alpha value is -3.14. The third-order valence-corrected chi connectivity index (χ3v) is 7.99. The molecule has 1 amide bonds. The van der Waals surface area contributed by atoms with Gasteiger partial charge in [-0.3, -0.25) is 0 Å². The first-order valence-corrected chi connectivity index (χ1v) is 12.7. The molecule has 0 bridgehead atoms. The minimum absolute atomic E-state index is 0.0580. The number of aromatic hydroxyl groups is 2. The van der Waals surface area contributed by atoms with Gasteiger partial charge in [-0.05, 0) is 50.5 Å². The molecule has 0 aromatic carbocycles. The van der Waals surface area contributed by atoms with Crippen molar-refractivity contribution in [3.63, 3.8) is 0 Å². The van der Waals surface area contributed by atoms with Crippen LogP contribution in [0.15, 0.2) is 35.9 Å². The Kier molecular flexibility index (Phi) is 6.40. The number of likely N-dealkylation sites (tertiary alicyclic amines) is 1. The number of imidazole rings is 1. The van der Waals surface area contributed by atoms with E-state index in [-0.39, 0.29) is 17.6 Å². The number of hydrogen-bond donors (Lipinski definition) is 2. The highest BCUT2D eigenvalue weighted by atomic mass is 32.2. The average Bonchev–Trinajstić information content (AvgIpc) is 3.39. The van der Waals surface area contributed by atoms with E-state index in [4.69, 9.17) is 4.74 Å². The van der Waals surface area contributed by atoms with Gasteiger partial charge in [0.2, 0.25) is 17.6 Å². The number of piperidine rings is 1. The second kappa shape index (κ2) is 9.61. The van der Waals surface area contributed by atoms with Crippen molar-refractivity contribution in [2.45, 2.75) is 43.7 Å². The largest absolute Gasteiger partial charge is 0.494 e. The van der Waals surface area contributed by atoms with Crippen molar-refractivity contribution < 1.29 is 19.7 Å². The molecule has 5 rings (SSSR count). The van der Waals surface area contributed by atoms with Crippen LogP contribution >= 0.6 is 11.8 Å². The minimum atomic E-state index is -0.405. The molecule has 4 heterocycles. The molecule has 1 aliphatic heterocycles. The predicted molar refractivity (Wildman–Crippen MR) is 128 cm³/mol. The van der Waals surface area contributed by atoms with Crippen LogP contribution in [0.2, 0.25) is 0 Å². The number of rotatable bonds is 5. The van der Waals surface area contributed by atoms with E-state index in [1.807, 2.05) is 17.8 Å². The zero-order valence-corrected chi connectivity index (χ0v) is 20.0. The molecule has 0 saturated carbocycles. The summed E-state index contributed by atoms with van der Waals surface area (Å²) < 4.78 is 8.90. The zero-order chi connectivity index (χ0) is 23.7. The zero-order valence-electron chi connectivity index (χ0n) is 19.2. The van der Waals surface area contributed by atoms with Crippen molar-refractivity contribution in [3.8, 4) is 23.3 Å². The fourth-order valence-corrected chi connectivity index (χ4v) is 5.82. The minimum Gasteiger partial charge on any atom is -0.494 e. The molecule has 1 fully saturated rings. The van der Waals surface area contributed by atoms with Gasteiger partial charge < -0.3 is 24.4 Å². The van der Waals surface area contributed by atoms with Crippen LogP contribution in [0, 0.1) is 5.92 Å². The van der Waals surface area contributed by atoms with Crippen molar-refractivity contribution in [2.75, 3.05) is 18.8 Å². The first kappa shape index (κ1) is 22.6. The fraction of sp³-hybridized carbons (Fsp3) is 0.458. The average molecular weight is 484 g/mol. The Morgan fingerprint density at radius 3 is 2.41 bits per heavy atom. The monoisotopic (exact) mass is 483 g/mol. The lowest BCUT2D eigenvalue weighted by molar-refractivity contribution is 0.132. The molecule has 34 heavy (non-hydrogen) atoms. The van der Waals surface area contributed by atoms with Gasteiger partial charge in [0, 0.05) is 55.5 Å². The van der Waals surface area contributed by atoms with Gasteiger partial charge >= 0.3 is 6.09 Å². The van der Waals surface area contributed by atoms with E-state index in [9.17, 15) is 15.0 Å². The maximum atomic E-state index is 12.6. The molecule has 10 heteroatoms. The van der Waals surface area contributed by atoms with Gasteiger partial charge in [0.25, 0.3) is 0 Å². The normalized spacial score (nSPS) is 16.4. The summed E-state index contributed by atoms with van der Waals surface area (Å²) in [5.41, 5.74) is 2.14. The number of aromatic nitrogens is 4. The summed E-state index contributed by atoms with van der Waals surface area (Å²) in [7, 11) is 1.99. The third kappa shape index (κ3) is 4.46. The SMILES string of the molecule is Cn1ccnc1SCC1CCN(C(=O)Oc2ccc(-n3c(O)c4c(c3O)CCCC4)cn2)CC1. The summed E-state index contributed by atoms with van der Waals surface area (Å²) in [6.45, 7) is 1.30. The number of carbonyl (C=O) groups excluding carboxylic acids is 1. The molecule has 2 N–H and O–H groups in total. The third-order valence-electron chi connectivity index (χ3n) is 6.70. The lowest BCUT2D eigenvalue weighted by atomic mass is 9.95. The van der Waals surface area contributed by atoms with Crippen molar-refractivity contribution >= 4 is 17.9 Å². The summed E-state index contributed by atoms with van der Waals surface area (Å²) in [5.74, 6) is 1.83. The molecule has 3 aromatic heterocycles. The first-order chi connectivity index (χ1) is 16.5. The molecule has 1 saturated heterocycles. The van der Waals surface area contributed by atoms with Gasteiger partial charge in [-0.25, -0.2) is 19.3 Å². The number of fused-ring (bicyclic) bond motifs is 1. The molecule has 0 radical (unpaired) electrons. The fourth-order valence-electron chi connectivity index (χ4n) is 4.70. The number of pyridine rings is 1. The van der Waals surface area contributed by atoms with Gasteiger partial charge in [0.15, 0.2) is 5.16 Å². The maximum Gasteiger partial charge on any atom is 0.416 e. The lowest BCUT2D eigenvalue weighted by Gasteiger charge is -2.30. The summed E-state index contributed by atoms with van der Waals surface area (Å²) in [5, 5.41) is 22.2. The Labute approximate surface area is 202 Å². The number of ether oxygens (including phenoxy) is 1. The molecule has 9 nitrogen and oxygen atoms in total. The summed E-state index contributed by atoms with van der Waals surface area (Å²) in [6.07, 6.45) is 10.2. The standard InChI is InChI=1S/C24H29N5O4S/c1-27-13-10-25-23(27)34-15-16-8-11-28(12-9-16)24(32)33-20-7-6-17(14-26-20)29-21(30)18-4-2-3-5-19(18)22(29)31/h6-7,10,13-14,16,30-31H,2-5,8-9,11-12,15H2,1H3. The molecule has 0 unspecified atom stereocenters. The van der Waals surface area contributed by atoms with E-state index in [1.54, 1.807) is 35.0 Å². The number of amides is 1. The lowest BCUT2D eigenvalue weighted by Crippen LogP contribution is -2.40. The second-order valence-corrected chi connectivity index (χ2v) is 9.92. The molecule has 180 valence electrons. The molecule has 1 aliphatic carbocycles. The van der Waals surface area contributed by atoms with Crippen LogP contribution in [-0.4, -0.2) is 59.2 Å². The van der Waals surface area contributed by atoms with E-state index < -0.39 is 6.09 Å². The van der Waals surface area contributed by atoms with Crippen molar-refractivity contribution in [2.24, 2.45) is 13.0 Å². The number of hydrogen-bond acceptors (Lipinski definition) is 7. The van der Waals surface area contributed by atoms with Crippen molar-refractivity contribution in [1.29, 1.82) is 0 Å².